The highest BCUT2D eigenvalue weighted by atomic mass is 35.5. The molecule has 4 rings (SSSR count). The minimum Gasteiger partial charge on any atom is -0.339 e. The summed E-state index contributed by atoms with van der Waals surface area (Å²) >= 11 is 5.83. The van der Waals surface area contributed by atoms with Gasteiger partial charge in [0, 0.05) is 36.3 Å². The maximum Gasteiger partial charge on any atom is 0.253 e. The molecule has 1 aliphatic heterocycles. The summed E-state index contributed by atoms with van der Waals surface area (Å²) in [5.74, 6) is -0.0793. The number of carbonyl (C=O) groups is 2. The minimum absolute atomic E-state index is 0.0784. The first-order valence-electron chi connectivity index (χ1n) is 10.4. The fourth-order valence-electron chi connectivity index (χ4n) is 3.68. The summed E-state index contributed by atoms with van der Waals surface area (Å²) in [6, 6.07) is 11.2. The molecule has 166 valence electrons. The van der Waals surface area contributed by atoms with Crippen molar-refractivity contribution >= 4 is 29.1 Å². The number of nitrogens with one attached hydrogen (secondary N) is 1. The summed E-state index contributed by atoms with van der Waals surface area (Å²) in [6.07, 6.45) is 1.97. The Bertz CT molecular complexity index is 1150. The molecule has 0 bridgehead atoms. The maximum absolute atomic E-state index is 13.4. The molecule has 0 spiro atoms. The molecule has 1 unspecified atom stereocenters. The smallest absolute Gasteiger partial charge is 0.253 e. The predicted molar refractivity (Wildman–Crippen MR) is 118 cm³/mol. The molecule has 1 saturated heterocycles. The topological polar surface area (TPSA) is 88.3 Å². The lowest BCUT2D eigenvalue weighted by Gasteiger charge is -2.31. The lowest BCUT2D eigenvalue weighted by molar-refractivity contribution is -0.115. The van der Waals surface area contributed by atoms with Crippen molar-refractivity contribution in [1.29, 1.82) is 0 Å². The number of carbonyl (C=O) groups excluding carboxylic acids is 2. The Morgan fingerprint density at radius 3 is 2.91 bits per heavy atom. The van der Waals surface area contributed by atoms with Crippen molar-refractivity contribution in [3.63, 3.8) is 0 Å². The van der Waals surface area contributed by atoms with Gasteiger partial charge < -0.3 is 14.7 Å². The van der Waals surface area contributed by atoms with Gasteiger partial charge in [0.1, 0.15) is 5.82 Å². The molecular weight excluding hydrogens is 435 g/mol. The van der Waals surface area contributed by atoms with E-state index in [0.29, 0.717) is 42.5 Å². The molecule has 0 aliphatic carbocycles. The largest absolute Gasteiger partial charge is 0.339 e. The van der Waals surface area contributed by atoms with Crippen LogP contribution in [-0.2, 0) is 4.79 Å². The van der Waals surface area contributed by atoms with E-state index in [-0.39, 0.29) is 22.8 Å². The average molecular weight is 457 g/mol. The van der Waals surface area contributed by atoms with Crippen molar-refractivity contribution in [3.05, 3.63) is 64.8 Å². The SMILES string of the molecule is CCC(=O)Nc1cccc(-c2noc(C3CCCN(C(=O)c4ccc(F)c(Cl)c4)C3)n2)c1. The van der Waals surface area contributed by atoms with Crippen molar-refractivity contribution < 1.29 is 18.5 Å². The van der Waals surface area contributed by atoms with E-state index in [1.165, 1.54) is 18.2 Å². The summed E-state index contributed by atoms with van der Waals surface area (Å²) in [4.78, 5) is 30.7. The molecule has 2 aromatic carbocycles. The van der Waals surface area contributed by atoms with Gasteiger partial charge in [0.25, 0.3) is 5.91 Å². The van der Waals surface area contributed by atoms with E-state index in [9.17, 15) is 14.0 Å². The highest BCUT2D eigenvalue weighted by molar-refractivity contribution is 6.31. The fraction of sp³-hybridized carbons (Fsp3) is 0.304. The minimum atomic E-state index is -0.559. The molecule has 1 fully saturated rings. The number of hydrogen-bond donors (Lipinski definition) is 1. The average Bonchev–Trinajstić information content (AvgIpc) is 3.31. The van der Waals surface area contributed by atoms with Crippen LogP contribution in [0.15, 0.2) is 47.0 Å². The Kier molecular flexibility index (Phi) is 6.50. The second-order valence-electron chi connectivity index (χ2n) is 7.66. The Balaban J connectivity index is 1.48. The molecule has 2 amide bonds. The van der Waals surface area contributed by atoms with Crippen molar-refractivity contribution in [2.75, 3.05) is 18.4 Å². The van der Waals surface area contributed by atoms with E-state index in [4.69, 9.17) is 16.1 Å². The van der Waals surface area contributed by atoms with Crippen LogP contribution in [0.3, 0.4) is 0 Å². The third-order valence-electron chi connectivity index (χ3n) is 5.39. The van der Waals surface area contributed by atoms with Crippen LogP contribution in [0.2, 0.25) is 5.02 Å². The number of rotatable bonds is 5. The molecule has 1 aliphatic rings. The van der Waals surface area contributed by atoms with Crippen molar-refractivity contribution in [2.24, 2.45) is 0 Å². The second-order valence-corrected chi connectivity index (χ2v) is 8.07. The lowest BCUT2D eigenvalue weighted by Crippen LogP contribution is -2.39. The van der Waals surface area contributed by atoms with Gasteiger partial charge in [-0.25, -0.2) is 4.39 Å². The van der Waals surface area contributed by atoms with E-state index in [0.717, 1.165) is 18.4 Å². The zero-order valence-corrected chi connectivity index (χ0v) is 18.2. The van der Waals surface area contributed by atoms with Gasteiger partial charge in [0.15, 0.2) is 0 Å². The number of aromatic nitrogens is 2. The zero-order valence-electron chi connectivity index (χ0n) is 17.5. The monoisotopic (exact) mass is 456 g/mol. The van der Waals surface area contributed by atoms with Crippen molar-refractivity contribution in [1.82, 2.24) is 15.0 Å². The van der Waals surface area contributed by atoms with E-state index >= 15 is 0 Å². The highest BCUT2D eigenvalue weighted by Gasteiger charge is 2.29. The number of hydrogen-bond acceptors (Lipinski definition) is 5. The molecule has 0 radical (unpaired) electrons. The van der Waals surface area contributed by atoms with Gasteiger partial charge in [-0.2, -0.15) is 4.98 Å². The van der Waals surface area contributed by atoms with Gasteiger partial charge >= 0.3 is 0 Å². The van der Waals surface area contributed by atoms with Crippen LogP contribution < -0.4 is 5.32 Å². The number of piperidine rings is 1. The summed E-state index contributed by atoms with van der Waals surface area (Å²) in [5.41, 5.74) is 1.72. The molecule has 1 aromatic heterocycles. The molecule has 7 nitrogen and oxygen atoms in total. The third-order valence-corrected chi connectivity index (χ3v) is 5.68. The summed E-state index contributed by atoms with van der Waals surface area (Å²) < 4.78 is 18.9. The third kappa shape index (κ3) is 4.80. The van der Waals surface area contributed by atoms with E-state index < -0.39 is 5.82 Å². The molecule has 2 heterocycles. The first-order chi connectivity index (χ1) is 15.4. The highest BCUT2D eigenvalue weighted by Crippen LogP contribution is 2.29. The summed E-state index contributed by atoms with van der Waals surface area (Å²) in [5, 5.41) is 6.82. The Morgan fingerprint density at radius 2 is 2.12 bits per heavy atom. The summed E-state index contributed by atoms with van der Waals surface area (Å²) in [6.45, 7) is 2.79. The Morgan fingerprint density at radius 1 is 1.28 bits per heavy atom. The normalized spacial score (nSPS) is 16.1. The molecule has 1 N–H and O–H groups in total. The van der Waals surface area contributed by atoms with Crippen LogP contribution >= 0.6 is 11.6 Å². The van der Waals surface area contributed by atoms with Gasteiger partial charge in [-0.15, -0.1) is 0 Å². The maximum atomic E-state index is 13.4. The second kappa shape index (κ2) is 9.48. The first kappa shape index (κ1) is 22.0. The van der Waals surface area contributed by atoms with Crippen LogP contribution in [0.1, 0.15) is 48.4 Å². The van der Waals surface area contributed by atoms with E-state index in [1.54, 1.807) is 24.0 Å². The zero-order chi connectivity index (χ0) is 22.7. The number of likely N-dealkylation sites (tertiary alicyclic amines) is 1. The van der Waals surface area contributed by atoms with Gasteiger partial charge in [-0.3, -0.25) is 9.59 Å². The number of amides is 2. The van der Waals surface area contributed by atoms with E-state index in [2.05, 4.69) is 15.5 Å². The van der Waals surface area contributed by atoms with Gasteiger partial charge in [0.2, 0.25) is 17.6 Å². The van der Waals surface area contributed by atoms with Gasteiger partial charge in [-0.05, 0) is 43.2 Å². The molecule has 0 saturated carbocycles. The number of benzene rings is 2. The summed E-state index contributed by atoms with van der Waals surface area (Å²) in [7, 11) is 0. The predicted octanol–water partition coefficient (Wildman–Crippen LogP) is 4.90. The van der Waals surface area contributed by atoms with Gasteiger partial charge in [0.05, 0.1) is 10.9 Å². The molecule has 3 aromatic rings. The molecule has 9 heteroatoms. The molecule has 1 atom stereocenters. The quantitative estimate of drug-likeness (QED) is 0.590. The lowest BCUT2D eigenvalue weighted by atomic mass is 9.97. The Labute approximate surface area is 189 Å². The number of halogens is 2. The van der Waals surface area contributed by atoms with Crippen LogP contribution in [-0.4, -0.2) is 39.9 Å². The van der Waals surface area contributed by atoms with Crippen LogP contribution in [0, 0.1) is 5.82 Å². The van der Waals surface area contributed by atoms with Crippen molar-refractivity contribution in [2.45, 2.75) is 32.1 Å². The fourth-order valence-corrected chi connectivity index (χ4v) is 3.86. The first-order valence-corrected chi connectivity index (χ1v) is 10.8. The Hall–Kier alpha value is -3.26. The van der Waals surface area contributed by atoms with Crippen LogP contribution in [0.5, 0.6) is 0 Å². The number of anilines is 1. The molecular formula is C23H22ClFN4O3. The standard InChI is InChI=1S/C23H22ClFN4O3/c1-2-20(30)26-17-7-3-5-14(11-17)21-27-22(32-28-21)16-6-4-10-29(13-16)23(31)15-8-9-19(25)18(24)12-15/h3,5,7-9,11-12,16H,2,4,6,10,13H2,1H3,(H,26,30). The number of nitrogens with zero attached hydrogens (tertiary/aromatic N) is 3. The van der Waals surface area contributed by atoms with Gasteiger partial charge in [-0.1, -0.05) is 35.8 Å². The van der Waals surface area contributed by atoms with E-state index in [1.807, 2.05) is 12.1 Å². The van der Waals surface area contributed by atoms with Crippen LogP contribution in [0.25, 0.3) is 11.4 Å². The van der Waals surface area contributed by atoms with Crippen LogP contribution in [0.4, 0.5) is 10.1 Å². The van der Waals surface area contributed by atoms with Crippen molar-refractivity contribution in [3.8, 4) is 11.4 Å². The molecule has 32 heavy (non-hydrogen) atoms.